The summed E-state index contributed by atoms with van der Waals surface area (Å²) in [5, 5.41) is 0. The summed E-state index contributed by atoms with van der Waals surface area (Å²) >= 11 is 0. The summed E-state index contributed by atoms with van der Waals surface area (Å²) < 4.78 is 16.6. The Balaban J connectivity index is 4.34. The van der Waals surface area contributed by atoms with E-state index in [4.69, 9.17) is 14.2 Å². The normalized spacial score (nSPS) is 12.3. The second kappa shape index (κ2) is 46.3. The van der Waals surface area contributed by atoms with E-state index in [1.165, 1.54) is 154 Å². The molecule has 1 unspecified atom stereocenters. The molecule has 0 aliphatic rings. The van der Waals surface area contributed by atoms with Crippen molar-refractivity contribution in [2.75, 3.05) is 13.2 Å². The van der Waals surface area contributed by atoms with Crippen LogP contribution < -0.4 is 0 Å². The molecule has 0 spiro atoms. The largest absolute Gasteiger partial charge is 0.462 e. The van der Waals surface area contributed by atoms with Crippen molar-refractivity contribution in [1.82, 2.24) is 0 Å². The fourth-order valence-corrected chi connectivity index (χ4v) is 7.03. The third kappa shape index (κ3) is 44.6. The van der Waals surface area contributed by atoms with Crippen LogP contribution in [0.4, 0.5) is 0 Å². The maximum absolute atomic E-state index is 12.7. The van der Waals surface area contributed by atoms with Gasteiger partial charge in [0.2, 0.25) is 0 Å². The molecule has 0 aromatic carbocycles. The first kappa shape index (κ1) is 54.6. The van der Waals surface area contributed by atoms with Crippen LogP contribution in [0.5, 0.6) is 0 Å². The Morgan fingerprint density at radius 2 is 0.684 bits per heavy atom. The fraction of sp³-hybridized carbons (Fsp3) is 0.824. The van der Waals surface area contributed by atoms with Gasteiger partial charge in [0, 0.05) is 12.8 Å². The summed E-state index contributed by atoms with van der Waals surface area (Å²) in [6.07, 6.45) is 53.1. The molecule has 0 heterocycles. The lowest BCUT2D eigenvalue weighted by molar-refractivity contribution is -0.166. The smallest absolute Gasteiger partial charge is 0.309 e. The number of hydrogen-bond acceptors (Lipinski definition) is 6. The van der Waals surface area contributed by atoms with Crippen molar-refractivity contribution >= 4 is 17.9 Å². The molecule has 0 aliphatic carbocycles. The van der Waals surface area contributed by atoms with Crippen LogP contribution in [-0.4, -0.2) is 37.2 Å². The Bertz CT molecular complexity index is 969. The van der Waals surface area contributed by atoms with Gasteiger partial charge in [0.05, 0.1) is 6.42 Å². The molecule has 0 bridgehead atoms. The molecule has 332 valence electrons. The monoisotopic (exact) mass is 801 g/mol. The molecule has 0 aromatic heterocycles. The number of hydrogen-bond donors (Lipinski definition) is 0. The molecule has 0 fully saturated rings. The van der Waals surface area contributed by atoms with Crippen LogP contribution in [0.25, 0.3) is 0 Å². The SMILES string of the molecule is CC/C=C\C/C=C\C/C=C\CC(=O)OCC(COC(=O)CCCCCCCCCCCCCCCCCC)OC(=O)CCCCCCCCCCCCCCCC. The molecule has 0 rings (SSSR count). The van der Waals surface area contributed by atoms with Crippen LogP contribution in [0.2, 0.25) is 0 Å². The minimum Gasteiger partial charge on any atom is -0.462 e. The number of carbonyl (C=O) groups excluding carboxylic acids is 3. The molecule has 0 aliphatic heterocycles. The van der Waals surface area contributed by atoms with Crippen LogP contribution in [0, 0.1) is 0 Å². The van der Waals surface area contributed by atoms with Crippen molar-refractivity contribution in [2.24, 2.45) is 0 Å². The van der Waals surface area contributed by atoms with Gasteiger partial charge in [-0.05, 0) is 32.1 Å². The highest BCUT2D eigenvalue weighted by Gasteiger charge is 2.19. The summed E-state index contributed by atoms with van der Waals surface area (Å²) in [4.78, 5) is 37.7. The number of ether oxygens (including phenoxy) is 3. The van der Waals surface area contributed by atoms with Crippen LogP contribution in [0.15, 0.2) is 36.5 Å². The number of unbranched alkanes of at least 4 members (excludes halogenated alkanes) is 28. The first-order valence-electron chi connectivity index (χ1n) is 24.5. The van der Waals surface area contributed by atoms with Gasteiger partial charge in [0.15, 0.2) is 6.10 Å². The highest BCUT2D eigenvalue weighted by molar-refractivity contribution is 5.72. The van der Waals surface area contributed by atoms with Gasteiger partial charge in [-0.2, -0.15) is 0 Å². The summed E-state index contributed by atoms with van der Waals surface area (Å²) in [6, 6.07) is 0. The van der Waals surface area contributed by atoms with Crippen molar-refractivity contribution in [3.05, 3.63) is 36.5 Å². The minimum absolute atomic E-state index is 0.0947. The zero-order valence-corrected chi connectivity index (χ0v) is 37.9. The molecule has 57 heavy (non-hydrogen) atoms. The summed E-state index contributed by atoms with van der Waals surface area (Å²) in [5.41, 5.74) is 0. The number of rotatable bonds is 44. The van der Waals surface area contributed by atoms with Gasteiger partial charge in [0.25, 0.3) is 0 Å². The predicted octanol–water partition coefficient (Wildman–Crippen LogP) is 15.8. The molecule has 0 aromatic rings. The second-order valence-electron chi connectivity index (χ2n) is 16.4. The zero-order valence-electron chi connectivity index (χ0n) is 37.9. The van der Waals surface area contributed by atoms with Crippen LogP contribution >= 0.6 is 0 Å². The van der Waals surface area contributed by atoms with Crippen LogP contribution in [0.1, 0.15) is 252 Å². The van der Waals surface area contributed by atoms with E-state index in [9.17, 15) is 14.4 Å². The van der Waals surface area contributed by atoms with Gasteiger partial charge in [-0.1, -0.05) is 237 Å². The van der Waals surface area contributed by atoms with Crippen molar-refractivity contribution in [3.63, 3.8) is 0 Å². The first-order chi connectivity index (χ1) is 28.0. The molecule has 6 heteroatoms. The molecule has 0 saturated heterocycles. The molecular weight excluding hydrogens is 709 g/mol. The quantitative estimate of drug-likeness (QED) is 0.0264. The van der Waals surface area contributed by atoms with E-state index < -0.39 is 12.1 Å². The van der Waals surface area contributed by atoms with Gasteiger partial charge in [0.1, 0.15) is 13.2 Å². The van der Waals surface area contributed by atoms with Crippen LogP contribution in [0.3, 0.4) is 0 Å². The van der Waals surface area contributed by atoms with E-state index >= 15 is 0 Å². The first-order valence-corrected chi connectivity index (χ1v) is 24.5. The average Bonchev–Trinajstić information content (AvgIpc) is 3.21. The van der Waals surface area contributed by atoms with Gasteiger partial charge in [-0.15, -0.1) is 0 Å². The average molecular weight is 801 g/mol. The summed E-state index contributed by atoms with van der Waals surface area (Å²) in [6.45, 7) is 6.44. The lowest BCUT2D eigenvalue weighted by Crippen LogP contribution is -2.30. The second-order valence-corrected chi connectivity index (χ2v) is 16.4. The predicted molar refractivity (Wildman–Crippen MR) is 242 cm³/mol. The lowest BCUT2D eigenvalue weighted by atomic mass is 10.0. The van der Waals surface area contributed by atoms with E-state index in [2.05, 4.69) is 45.1 Å². The Labute approximate surface area is 353 Å². The summed E-state index contributed by atoms with van der Waals surface area (Å²) in [5.74, 6) is -1.01. The third-order valence-corrected chi connectivity index (χ3v) is 10.7. The Morgan fingerprint density at radius 3 is 1.07 bits per heavy atom. The van der Waals surface area contributed by atoms with E-state index in [-0.39, 0.29) is 31.6 Å². The highest BCUT2D eigenvalue weighted by atomic mass is 16.6. The van der Waals surface area contributed by atoms with Crippen molar-refractivity contribution < 1.29 is 28.6 Å². The Kier molecular flexibility index (Phi) is 44.4. The third-order valence-electron chi connectivity index (χ3n) is 10.7. The topological polar surface area (TPSA) is 78.9 Å². The molecule has 0 saturated carbocycles. The van der Waals surface area contributed by atoms with Gasteiger partial charge in [-0.3, -0.25) is 14.4 Å². The molecule has 6 nitrogen and oxygen atoms in total. The lowest BCUT2D eigenvalue weighted by Gasteiger charge is -2.18. The maximum Gasteiger partial charge on any atom is 0.309 e. The van der Waals surface area contributed by atoms with E-state index in [0.717, 1.165) is 57.8 Å². The van der Waals surface area contributed by atoms with E-state index in [1.54, 1.807) is 6.08 Å². The Hall–Kier alpha value is -2.37. The maximum atomic E-state index is 12.7. The number of allylic oxidation sites excluding steroid dienone is 5. The van der Waals surface area contributed by atoms with E-state index in [0.29, 0.717) is 12.8 Å². The highest BCUT2D eigenvalue weighted by Crippen LogP contribution is 2.16. The number of esters is 3. The summed E-state index contributed by atoms with van der Waals surface area (Å²) in [7, 11) is 0. The minimum atomic E-state index is -0.800. The van der Waals surface area contributed by atoms with Gasteiger partial charge in [-0.25, -0.2) is 0 Å². The van der Waals surface area contributed by atoms with Crippen LogP contribution in [-0.2, 0) is 28.6 Å². The van der Waals surface area contributed by atoms with Crippen molar-refractivity contribution in [1.29, 1.82) is 0 Å². The fourth-order valence-electron chi connectivity index (χ4n) is 7.03. The Morgan fingerprint density at radius 1 is 0.368 bits per heavy atom. The van der Waals surface area contributed by atoms with Crippen molar-refractivity contribution in [3.8, 4) is 0 Å². The van der Waals surface area contributed by atoms with E-state index in [1.807, 2.05) is 6.08 Å². The number of carbonyl (C=O) groups is 3. The molecule has 0 N–H and O–H groups in total. The van der Waals surface area contributed by atoms with Gasteiger partial charge >= 0.3 is 17.9 Å². The molecule has 0 amide bonds. The van der Waals surface area contributed by atoms with Gasteiger partial charge < -0.3 is 14.2 Å². The molecule has 1 atom stereocenters. The zero-order chi connectivity index (χ0) is 41.5. The van der Waals surface area contributed by atoms with Crippen molar-refractivity contribution in [2.45, 2.75) is 258 Å². The molecule has 0 radical (unpaired) electrons. The molecular formula is C51H92O6. The standard InChI is InChI=1S/C51H92O6/c1-4-7-10-13-16-19-21-23-25-26-28-29-32-35-38-41-44-50(53)56-47-48(46-55-49(52)43-40-37-34-31-18-15-12-9-6-3)57-51(54)45-42-39-36-33-30-27-24-22-20-17-14-11-8-5-2/h9,12,18,31,37,40,48H,4-8,10-11,13-17,19-30,32-36,38-39,41-47H2,1-3H3/b12-9-,31-18-,40-37-.